The number of thiophene rings is 1. The summed E-state index contributed by atoms with van der Waals surface area (Å²) in [5.74, 6) is 0.356. The minimum Gasteiger partial charge on any atom is -0.454 e. The van der Waals surface area contributed by atoms with Gasteiger partial charge in [0.25, 0.3) is 0 Å². The molecule has 0 amide bonds. The van der Waals surface area contributed by atoms with Crippen LogP contribution in [0.15, 0.2) is 108 Å². The molecule has 46 heavy (non-hydrogen) atoms. The molecular weight excluding hydrogens is 581 g/mol. The molecule has 0 aliphatic carbocycles. The van der Waals surface area contributed by atoms with Crippen LogP contribution in [0.4, 0.5) is 0 Å². The Hall–Kier alpha value is -4.54. The lowest BCUT2D eigenvalue weighted by atomic mass is 9.77. The van der Waals surface area contributed by atoms with E-state index in [-0.39, 0.29) is 11.5 Å². The number of hydrogen-bond donors (Lipinski definition) is 0. The van der Waals surface area contributed by atoms with Crippen molar-refractivity contribution >= 4 is 49.1 Å². The molecule has 2 unspecified atom stereocenters. The maximum atomic E-state index is 7.01. The van der Waals surface area contributed by atoms with Gasteiger partial charge < -0.3 is 4.42 Å². The summed E-state index contributed by atoms with van der Waals surface area (Å²) in [4.78, 5) is 0. The first-order valence-electron chi connectivity index (χ1n) is 16.5. The summed E-state index contributed by atoms with van der Waals surface area (Å²) in [7, 11) is 0. The zero-order valence-corrected chi connectivity index (χ0v) is 27.7. The van der Waals surface area contributed by atoms with E-state index in [0.717, 1.165) is 36.1 Å². The van der Waals surface area contributed by atoms with Crippen molar-refractivity contribution in [2.75, 3.05) is 0 Å². The van der Waals surface area contributed by atoms with E-state index in [1.807, 2.05) is 0 Å². The fraction of sp³-hybridized carbons (Fsp3) is 0.238. The first kappa shape index (κ1) is 27.7. The van der Waals surface area contributed by atoms with Crippen molar-refractivity contribution in [3.8, 4) is 22.5 Å². The summed E-state index contributed by atoms with van der Waals surface area (Å²) in [5.41, 5.74) is 13.5. The zero-order valence-electron chi connectivity index (χ0n) is 26.9. The molecule has 2 atom stereocenters. The number of nitrogens with zero attached hydrogens (tertiary/aromatic N) is 2. The molecule has 0 fully saturated rings. The molecule has 0 spiro atoms. The van der Waals surface area contributed by atoms with Crippen molar-refractivity contribution in [1.29, 1.82) is 0 Å². The second-order valence-corrected chi connectivity index (χ2v) is 15.2. The summed E-state index contributed by atoms with van der Waals surface area (Å²) in [6.45, 7) is 14.0. The second kappa shape index (κ2) is 9.98. The number of pyridine rings is 2. The highest BCUT2D eigenvalue weighted by Crippen LogP contribution is 2.46. The number of hydrogen-bond acceptors (Lipinski definition) is 2. The van der Waals surface area contributed by atoms with E-state index < -0.39 is 0 Å². The lowest BCUT2D eigenvalue weighted by Crippen LogP contribution is -2.49. The van der Waals surface area contributed by atoms with E-state index in [2.05, 4.69) is 133 Å². The van der Waals surface area contributed by atoms with Gasteiger partial charge >= 0.3 is 0 Å². The van der Waals surface area contributed by atoms with Crippen LogP contribution in [-0.4, -0.2) is 0 Å². The van der Waals surface area contributed by atoms with Gasteiger partial charge in [-0.15, -0.1) is 11.3 Å². The van der Waals surface area contributed by atoms with Gasteiger partial charge in [-0.1, -0.05) is 51.1 Å². The Bertz CT molecular complexity index is 2380. The fourth-order valence-electron chi connectivity index (χ4n) is 8.45. The largest absolute Gasteiger partial charge is 0.454 e. The van der Waals surface area contributed by atoms with Gasteiger partial charge in [-0.2, -0.15) is 9.13 Å². The van der Waals surface area contributed by atoms with E-state index in [1.54, 1.807) is 11.3 Å². The molecule has 0 saturated carbocycles. The van der Waals surface area contributed by atoms with Gasteiger partial charge in [-0.05, 0) is 84.2 Å². The molecule has 6 heterocycles. The molecule has 9 rings (SSSR count). The molecule has 3 nitrogen and oxygen atoms in total. The van der Waals surface area contributed by atoms with Gasteiger partial charge in [0, 0.05) is 56.1 Å². The number of fused-ring (bicyclic) bond motifs is 15. The Kier molecular flexibility index (Phi) is 6.02. The molecule has 7 aromatic rings. The number of benzene rings is 3. The summed E-state index contributed by atoms with van der Waals surface area (Å²) >= 11 is 1.77. The molecule has 0 saturated heterocycles. The van der Waals surface area contributed by atoms with Crippen LogP contribution in [-0.2, 0) is 11.8 Å². The fourth-order valence-corrected chi connectivity index (χ4v) is 9.24. The number of aromatic nitrogens is 2. The summed E-state index contributed by atoms with van der Waals surface area (Å²) < 4.78 is 13.2. The highest BCUT2D eigenvalue weighted by atomic mass is 32.1. The molecule has 3 aromatic carbocycles. The molecule has 4 heteroatoms. The van der Waals surface area contributed by atoms with Crippen LogP contribution < -0.4 is 9.13 Å². The van der Waals surface area contributed by atoms with E-state index >= 15 is 0 Å². The van der Waals surface area contributed by atoms with Crippen LogP contribution in [0.25, 0.3) is 60.2 Å². The minimum absolute atomic E-state index is 0.00588. The second-order valence-electron chi connectivity index (χ2n) is 14.3. The monoisotopic (exact) mass is 618 g/mol. The zero-order chi connectivity index (χ0) is 31.3. The number of furan rings is 1. The first-order chi connectivity index (χ1) is 22.3. The molecular formula is C42H38N2OS+2. The van der Waals surface area contributed by atoms with Gasteiger partial charge in [-0.25, -0.2) is 0 Å². The maximum Gasteiger partial charge on any atom is 0.222 e. The summed E-state index contributed by atoms with van der Waals surface area (Å²) in [6.07, 6.45) is 7.47. The van der Waals surface area contributed by atoms with Crippen molar-refractivity contribution < 1.29 is 13.6 Å². The molecule has 0 radical (unpaired) electrons. The topological polar surface area (TPSA) is 20.9 Å². The van der Waals surface area contributed by atoms with Gasteiger partial charge in [0.2, 0.25) is 11.4 Å². The van der Waals surface area contributed by atoms with Crippen molar-refractivity contribution in [3.05, 3.63) is 125 Å². The normalized spacial score (nSPS) is 17.8. The smallest absolute Gasteiger partial charge is 0.222 e. The van der Waals surface area contributed by atoms with Crippen molar-refractivity contribution in [3.63, 3.8) is 0 Å². The highest BCUT2D eigenvalue weighted by Gasteiger charge is 2.43. The average molecular weight is 619 g/mol. The Balaban J connectivity index is 1.34. The van der Waals surface area contributed by atoms with Crippen LogP contribution >= 0.6 is 11.3 Å². The lowest BCUT2D eigenvalue weighted by molar-refractivity contribution is -0.720. The molecule has 2 aliphatic rings. The highest BCUT2D eigenvalue weighted by molar-refractivity contribution is 7.17. The van der Waals surface area contributed by atoms with E-state index in [4.69, 9.17) is 11.0 Å². The molecule has 0 N–H and O–H groups in total. The Morgan fingerprint density at radius 3 is 2.54 bits per heavy atom. The summed E-state index contributed by atoms with van der Waals surface area (Å²) in [5, 5.41) is 5.72. The first-order valence-corrected chi connectivity index (χ1v) is 17.3. The van der Waals surface area contributed by atoms with Gasteiger partial charge in [0.1, 0.15) is 11.2 Å². The number of allylic oxidation sites excluding steroid dienone is 1. The quantitative estimate of drug-likeness (QED) is 0.155. The Labute approximate surface area is 274 Å². The maximum absolute atomic E-state index is 7.01. The third kappa shape index (κ3) is 4.02. The predicted molar refractivity (Wildman–Crippen MR) is 190 cm³/mol. The predicted octanol–water partition coefficient (Wildman–Crippen LogP) is 10.5. The van der Waals surface area contributed by atoms with Gasteiger partial charge in [-0.3, -0.25) is 0 Å². The van der Waals surface area contributed by atoms with E-state index in [9.17, 15) is 0 Å². The lowest BCUT2D eigenvalue weighted by Gasteiger charge is -2.31. The Morgan fingerprint density at radius 1 is 0.870 bits per heavy atom. The third-order valence-corrected chi connectivity index (χ3v) is 11.4. The van der Waals surface area contributed by atoms with Crippen LogP contribution in [0.1, 0.15) is 67.8 Å². The average Bonchev–Trinajstić information content (AvgIpc) is 3.68. The van der Waals surface area contributed by atoms with E-state index in [0.29, 0.717) is 5.92 Å². The van der Waals surface area contributed by atoms with Crippen LogP contribution in [0.5, 0.6) is 0 Å². The van der Waals surface area contributed by atoms with Crippen LogP contribution in [0.2, 0.25) is 0 Å². The van der Waals surface area contributed by atoms with Gasteiger partial charge in [0.15, 0.2) is 24.1 Å². The number of rotatable bonds is 0. The number of aryl methyl sites for hydroxylation is 2. The van der Waals surface area contributed by atoms with Crippen LogP contribution in [0, 0.1) is 6.92 Å². The summed E-state index contributed by atoms with van der Waals surface area (Å²) in [6, 6.07) is 29.7. The molecule has 4 aromatic heterocycles. The minimum atomic E-state index is -0.00588. The van der Waals surface area contributed by atoms with Gasteiger partial charge in [0.05, 0.1) is 12.0 Å². The molecule has 226 valence electrons. The third-order valence-electron chi connectivity index (χ3n) is 10.5. The standard InChI is InChI=1S/C42H38N2OS/c1-25-24-44-26(2)22-36-30(28-10-6-7-11-29(28)35-12-8-9-20-43(35)36)15-13-27-14-16-32-31-17-18-38-33(19-21-46-38)40(31)45-41(32)39(27)37(44)23-34(25)42(3,4)5/h6-12,14,16-21,23-24,30,36H,2,13,15,22H2,1,3-5H3/q+2. The molecule has 2 aliphatic heterocycles. The van der Waals surface area contributed by atoms with Crippen molar-refractivity contribution in [2.45, 2.75) is 64.3 Å². The molecule has 0 bridgehead atoms. The van der Waals surface area contributed by atoms with Crippen molar-refractivity contribution in [1.82, 2.24) is 0 Å². The van der Waals surface area contributed by atoms with Crippen LogP contribution in [0.3, 0.4) is 0 Å². The Morgan fingerprint density at radius 2 is 1.67 bits per heavy atom. The van der Waals surface area contributed by atoms with E-state index in [1.165, 1.54) is 65.6 Å². The SMILES string of the molecule is C=C1CC2C(CCc3ccc4c(oc5c6ccsc6ccc45)c3-c3cc(C(C)(C)C)c(C)c[n+]31)c1ccccc1-c1cccc[n+]12. The van der Waals surface area contributed by atoms with Crippen molar-refractivity contribution in [2.24, 2.45) is 0 Å².